The molecule has 1 amide bonds. The van der Waals surface area contributed by atoms with E-state index in [-0.39, 0.29) is 25.0 Å². The highest BCUT2D eigenvalue weighted by Crippen LogP contribution is 2.22. The summed E-state index contributed by atoms with van der Waals surface area (Å²) in [5, 5.41) is 2.66. The molecule has 0 spiro atoms. The molecular weight excluding hydrogens is 306 g/mol. The molecule has 1 atom stereocenters. The molecule has 0 aromatic rings. The van der Waals surface area contributed by atoms with E-state index in [2.05, 4.69) is 17.9 Å². The van der Waals surface area contributed by atoms with Gasteiger partial charge in [0.25, 0.3) is 0 Å². The Morgan fingerprint density at radius 1 is 1.09 bits per heavy atom. The molecule has 0 radical (unpaired) electrons. The second kappa shape index (κ2) is 8.41. The van der Waals surface area contributed by atoms with Gasteiger partial charge in [0, 0.05) is 6.54 Å². The third-order valence-corrected chi connectivity index (χ3v) is 3.09. The number of esters is 2. The molecule has 0 aromatic heterocycles. The maximum atomic E-state index is 12.2. The fraction of sp³-hybridized carbons (Fsp3) is 0.800. The van der Waals surface area contributed by atoms with E-state index in [0.717, 1.165) is 0 Å². The molecule has 22 heavy (non-hydrogen) atoms. The SMILES string of the molecule is CCNC(=O)C(C)(COC(=O)C(C)C)COC(=O)C(C)(C)S. The predicted octanol–water partition coefficient (Wildman–Crippen LogP) is 1.58. The van der Waals surface area contributed by atoms with Gasteiger partial charge in [-0.05, 0) is 27.7 Å². The summed E-state index contributed by atoms with van der Waals surface area (Å²) in [7, 11) is 0. The summed E-state index contributed by atoms with van der Waals surface area (Å²) >= 11 is 4.12. The summed E-state index contributed by atoms with van der Waals surface area (Å²) in [5.41, 5.74) is -1.14. The standard InChI is InChI=1S/C15H27NO5S/c1-7-16-12(18)15(6,8-20-11(17)10(2)3)9-21-13(19)14(4,5)22/h10,22H,7-9H2,1-6H3,(H,16,18). The van der Waals surface area contributed by atoms with Crippen molar-refractivity contribution >= 4 is 30.5 Å². The average Bonchev–Trinajstić information content (AvgIpc) is 2.41. The lowest BCUT2D eigenvalue weighted by Gasteiger charge is -2.28. The predicted molar refractivity (Wildman–Crippen MR) is 86.6 cm³/mol. The van der Waals surface area contributed by atoms with Crippen LogP contribution in [0.15, 0.2) is 0 Å². The molecule has 6 nitrogen and oxygen atoms in total. The summed E-state index contributed by atoms with van der Waals surface area (Å²) < 4.78 is 9.35. The highest BCUT2D eigenvalue weighted by Gasteiger charge is 2.38. The monoisotopic (exact) mass is 333 g/mol. The van der Waals surface area contributed by atoms with E-state index >= 15 is 0 Å². The van der Waals surface area contributed by atoms with Gasteiger partial charge < -0.3 is 14.8 Å². The normalized spacial score (nSPS) is 14.2. The number of ether oxygens (including phenoxy) is 2. The number of carbonyl (C=O) groups excluding carboxylic acids is 3. The Bertz CT molecular complexity index is 417. The van der Waals surface area contributed by atoms with Crippen molar-refractivity contribution in [3.8, 4) is 0 Å². The zero-order valence-corrected chi connectivity index (χ0v) is 15.1. The Morgan fingerprint density at radius 3 is 2.00 bits per heavy atom. The smallest absolute Gasteiger partial charge is 0.321 e. The van der Waals surface area contributed by atoms with Crippen LogP contribution in [0, 0.1) is 11.3 Å². The van der Waals surface area contributed by atoms with Gasteiger partial charge in [-0.3, -0.25) is 14.4 Å². The largest absolute Gasteiger partial charge is 0.464 e. The molecule has 0 saturated carbocycles. The molecular formula is C15H27NO5S. The number of thiol groups is 1. The first-order valence-electron chi connectivity index (χ1n) is 7.28. The summed E-state index contributed by atoms with van der Waals surface area (Å²) in [4.78, 5) is 35.6. The Morgan fingerprint density at radius 2 is 1.59 bits per heavy atom. The Hall–Kier alpha value is -1.24. The molecule has 1 N–H and O–H groups in total. The van der Waals surface area contributed by atoms with Crippen molar-refractivity contribution < 1.29 is 23.9 Å². The molecule has 0 heterocycles. The molecule has 0 aliphatic rings. The van der Waals surface area contributed by atoms with E-state index < -0.39 is 22.1 Å². The van der Waals surface area contributed by atoms with Crippen LogP contribution < -0.4 is 5.32 Å². The summed E-state index contributed by atoms with van der Waals surface area (Å²) in [6, 6.07) is 0. The number of nitrogens with one attached hydrogen (secondary N) is 1. The molecule has 0 fully saturated rings. The van der Waals surface area contributed by atoms with Crippen molar-refractivity contribution in [3.05, 3.63) is 0 Å². The van der Waals surface area contributed by atoms with Gasteiger partial charge in [-0.1, -0.05) is 13.8 Å². The van der Waals surface area contributed by atoms with Gasteiger partial charge in [-0.15, -0.1) is 0 Å². The molecule has 0 aliphatic heterocycles. The highest BCUT2D eigenvalue weighted by atomic mass is 32.1. The topological polar surface area (TPSA) is 81.7 Å². The van der Waals surface area contributed by atoms with Crippen LogP contribution in [-0.4, -0.2) is 42.4 Å². The summed E-state index contributed by atoms with van der Waals surface area (Å²) in [5.74, 6) is -1.58. The van der Waals surface area contributed by atoms with Crippen molar-refractivity contribution in [2.24, 2.45) is 11.3 Å². The number of carbonyl (C=O) groups is 3. The highest BCUT2D eigenvalue weighted by molar-refractivity contribution is 7.82. The number of amides is 1. The first kappa shape index (κ1) is 20.8. The number of rotatable bonds is 8. The van der Waals surface area contributed by atoms with Crippen LogP contribution in [0.3, 0.4) is 0 Å². The third kappa shape index (κ3) is 6.68. The van der Waals surface area contributed by atoms with Crippen molar-refractivity contribution in [2.75, 3.05) is 19.8 Å². The number of hydrogen-bond acceptors (Lipinski definition) is 6. The molecule has 0 bridgehead atoms. The Balaban J connectivity index is 4.91. The molecule has 0 rings (SSSR count). The molecule has 0 saturated heterocycles. The molecule has 1 unspecified atom stereocenters. The van der Waals surface area contributed by atoms with Gasteiger partial charge in [0.2, 0.25) is 5.91 Å². The maximum absolute atomic E-state index is 12.2. The number of hydrogen-bond donors (Lipinski definition) is 2. The van der Waals surface area contributed by atoms with E-state index in [1.807, 2.05) is 0 Å². The van der Waals surface area contributed by atoms with Gasteiger partial charge in [0.15, 0.2) is 0 Å². The van der Waals surface area contributed by atoms with Crippen LogP contribution in [0.25, 0.3) is 0 Å². The fourth-order valence-corrected chi connectivity index (χ4v) is 1.41. The Kier molecular flexibility index (Phi) is 7.93. The Labute approximate surface area is 137 Å². The average molecular weight is 333 g/mol. The fourth-order valence-electron chi connectivity index (χ4n) is 1.35. The van der Waals surface area contributed by atoms with Gasteiger partial charge in [-0.25, -0.2) is 0 Å². The molecule has 0 aromatic carbocycles. The van der Waals surface area contributed by atoms with Crippen LogP contribution in [0.1, 0.15) is 41.5 Å². The first-order valence-corrected chi connectivity index (χ1v) is 7.73. The lowest BCUT2D eigenvalue weighted by Crippen LogP contribution is -2.47. The van der Waals surface area contributed by atoms with Crippen LogP contribution in [-0.2, 0) is 23.9 Å². The second-order valence-electron chi connectivity index (χ2n) is 6.32. The second-order valence-corrected chi connectivity index (χ2v) is 7.44. The lowest BCUT2D eigenvalue weighted by atomic mass is 9.91. The van der Waals surface area contributed by atoms with Crippen LogP contribution >= 0.6 is 12.6 Å². The lowest BCUT2D eigenvalue weighted by molar-refractivity contribution is -0.160. The van der Waals surface area contributed by atoms with E-state index in [0.29, 0.717) is 6.54 Å². The molecule has 128 valence electrons. The van der Waals surface area contributed by atoms with Crippen molar-refractivity contribution in [1.29, 1.82) is 0 Å². The van der Waals surface area contributed by atoms with Crippen molar-refractivity contribution in [1.82, 2.24) is 5.32 Å². The van der Waals surface area contributed by atoms with E-state index in [9.17, 15) is 14.4 Å². The van der Waals surface area contributed by atoms with Crippen molar-refractivity contribution in [3.63, 3.8) is 0 Å². The minimum absolute atomic E-state index is 0.157. The molecule has 0 aliphatic carbocycles. The van der Waals surface area contributed by atoms with Gasteiger partial charge in [-0.2, -0.15) is 12.6 Å². The van der Waals surface area contributed by atoms with Crippen molar-refractivity contribution in [2.45, 2.75) is 46.3 Å². The van der Waals surface area contributed by atoms with Gasteiger partial charge in [0.1, 0.15) is 23.4 Å². The first-order chi connectivity index (χ1) is 9.94. The third-order valence-electron chi connectivity index (χ3n) is 2.91. The summed E-state index contributed by atoms with van der Waals surface area (Å²) in [6.07, 6.45) is 0. The van der Waals surface area contributed by atoms with Gasteiger partial charge in [0.05, 0.1) is 5.92 Å². The van der Waals surface area contributed by atoms with Crippen LogP contribution in [0.5, 0.6) is 0 Å². The molecule has 7 heteroatoms. The van der Waals surface area contributed by atoms with E-state index in [1.54, 1.807) is 41.5 Å². The minimum Gasteiger partial charge on any atom is -0.464 e. The van der Waals surface area contributed by atoms with E-state index in [4.69, 9.17) is 9.47 Å². The quantitative estimate of drug-likeness (QED) is 0.521. The zero-order chi connectivity index (χ0) is 17.6. The minimum atomic E-state index is -1.14. The van der Waals surface area contributed by atoms with Gasteiger partial charge >= 0.3 is 11.9 Å². The maximum Gasteiger partial charge on any atom is 0.321 e. The van der Waals surface area contributed by atoms with E-state index in [1.165, 1.54) is 0 Å². The summed E-state index contributed by atoms with van der Waals surface area (Å²) in [6.45, 7) is 10.1. The zero-order valence-electron chi connectivity index (χ0n) is 14.2. The van der Waals surface area contributed by atoms with Crippen LogP contribution in [0.4, 0.5) is 0 Å². The van der Waals surface area contributed by atoms with Crippen LogP contribution in [0.2, 0.25) is 0 Å².